The summed E-state index contributed by atoms with van der Waals surface area (Å²) in [5.41, 5.74) is 7.41. The Hall–Kier alpha value is -1.31. The number of rotatable bonds is 6. The average molecular weight is 336 g/mol. The lowest BCUT2D eigenvalue weighted by Gasteiger charge is -2.12. The number of anilines is 2. The van der Waals surface area contributed by atoms with Crippen LogP contribution in [0.3, 0.4) is 0 Å². The van der Waals surface area contributed by atoms with E-state index in [4.69, 9.17) is 5.73 Å². The largest absolute Gasteiger partial charge is 0.327 e. The van der Waals surface area contributed by atoms with Crippen molar-refractivity contribution in [3.05, 3.63) is 23.8 Å². The molecule has 0 spiro atoms. The van der Waals surface area contributed by atoms with Gasteiger partial charge in [0.1, 0.15) is 0 Å². The van der Waals surface area contributed by atoms with E-state index >= 15 is 0 Å². The number of hydrogen-bond donors (Lipinski definition) is 3. The number of sulfonamides is 1. The van der Waals surface area contributed by atoms with Crippen LogP contribution in [-0.2, 0) is 14.8 Å². The summed E-state index contributed by atoms with van der Waals surface area (Å²) < 4.78 is 25.5. The predicted molar refractivity (Wildman–Crippen MR) is 88.4 cm³/mol. The molecule has 120 valence electrons. The maximum absolute atomic E-state index is 11.6. The SMILES string of the molecule is CCS(=O)(=O)Nc1ccc(NC(=O)CC(C)N)cc1C.Cl. The quantitative estimate of drug-likeness (QED) is 0.738. The van der Waals surface area contributed by atoms with E-state index in [0.717, 1.165) is 5.56 Å². The highest BCUT2D eigenvalue weighted by atomic mass is 35.5. The number of benzene rings is 1. The summed E-state index contributed by atoms with van der Waals surface area (Å²) in [5.74, 6) is -0.152. The second kappa shape index (κ2) is 8.21. The molecule has 0 aliphatic carbocycles. The molecule has 8 heteroatoms. The van der Waals surface area contributed by atoms with E-state index in [1.54, 1.807) is 39.0 Å². The Bertz CT molecular complexity index is 588. The van der Waals surface area contributed by atoms with Crippen LogP contribution in [0.4, 0.5) is 11.4 Å². The zero-order chi connectivity index (χ0) is 15.3. The van der Waals surface area contributed by atoms with Crippen molar-refractivity contribution < 1.29 is 13.2 Å². The first kappa shape index (κ1) is 19.7. The zero-order valence-corrected chi connectivity index (χ0v) is 14.0. The number of carbonyl (C=O) groups is 1. The van der Waals surface area contributed by atoms with Crippen LogP contribution in [0.2, 0.25) is 0 Å². The van der Waals surface area contributed by atoms with Gasteiger partial charge in [0, 0.05) is 18.2 Å². The second-order valence-corrected chi connectivity index (χ2v) is 6.78. The van der Waals surface area contributed by atoms with Gasteiger partial charge < -0.3 is 11.1 Å². The van der Waals surface area contributed by atoms with Crippen molar-refractivity contribution in [2.75, 3.05) is 15.8 Å². The van der Waals surface area contributed by atoms with Gasteiger partial charge in [-0.05, 0) is 44.5 Å². The molecule has 4 N–H and O–H groups in total. The Kier molecular flexibility index (Phi) is 7.70. The van der Waals surface area contributed by atoms with E-state index in [-0.39, 0.29) is 36.5 Å². The summed E-state index contributed by atoms with van der Waals surface area (Å²) in [7, 11) is -3.30. The fourth-order valence-corrected chi connectivity index (χ4v) is 2.31. The van der Waals surface area contributed by atoms with Gasteiger partial charge in [0.15, 0.2) is 0 Å². The monoisotopic (exact) mass is 335 g/mol. The molecule has 0 aliphatic heterocycles. The number of nitrogens with two attached hydrogens (primary N) is 1. The molecule has 0 saturated heterocycles. The normalized spacial score (nSPS) is 12.2. The van der Waals surface area contributed by atoms with Crippen LogP contribution in [0.25, 0.3) is 0 Å². The summed E-state index contributed by atoms with van der Waals surface area (Å²) in [5, 5.41) is 2.72. The molecule has 0 radical (unpaired) electrons. The minimum atomic E-state index is -3.30. The van der Waals surface area contributed by atoms with Gasteiger partial charge in [-0.1, -0.05) is 0 Å². The molecule has 1 aromatic carbocycles. The molecular weight excluding hydrogens is 314 g/mol. The Morgan fingerprint density at radius 1 is 1.38 bits per heavy atom. The molecule has 0 bridgehead atoms. The molecule has 1 aromatic rings. The summed E-state index contributed by atoms with van der Waals surface area (Å²) >= 11 is 0. The molecule has 0 saturated carbocycles. The molecule has 1 rings (SSSR count). The summed E-state index contributed by atoms with van der Waals surface area (Å²) in [4.78, 5) is 11.6. The van der Waals surface area contributed by atoms with Crippen LogP contribution < -0.4 is 15.8 Å². The third kappa shape index (κ3) is 6.79. The highest BCUT2D eigenvalue weighted by molar-refractivity contribution is 7.92. The lowest BCUT2D eigenvalue weighted by Crippen LogP contribution is -2.24. The minimum absolute atomic E-state index is 0. The van der Waals surface area contributed by atoms with E-state index in [2.05, 4.69) is 10.0 Å². The van der Waals surface area contributed by atoms with Crippen LogP contribution in [-0.4, -0.2) is 26.1 Å². The number of halogens is 1. The number of nitrogens with one attached hydrogen (secondary N) is 2. The van der Waals surface area contributed by atoms with Gasteiger partial charge >= 0.3 is 0 Å². The van der Waals surface area contributed by atoms with Gasteiger partial charge in [0.05, 0.1) is 11.4 Å². The standard InChI is InChI=1S/C13H21N3O3S.ClH/c1-4-20(18,19)16-12-6-5-11(7-9(12)2)15-13(17)8-10(3)14;/h5-7,10,16H,4,8,14H2,1-3H3,(H,15,17);1H. The molecule has 0 fully saturated rings. The third-order valence-corrected chi connectivity index (χ3v) is 3.95. The Morgan fingerprint density at radius 2 is 2.00 bits per heavy atom. The van der Waals surface area contributed by atoms with Crippen molar-refractivity contribution >= 4 is 39.7 Å². The lowest BCUT2D eigenvalue weighted by molar-refractivity contribution is -0.116. The number of carbonyl (C=O) groups excluding carboxylic acids is 1. The Balaban J connectivity index is 0.00000400. The van der Waals surface area contributed by atoms with Crippen LogP contribution in [0.5, 0.6) is 0 Å². The molecule has 0 aliphatic rings. The maximum Gasteiger partial charge on any atom is 0.232 e. The molecule has 0 aromatic heterocycles. The average Bonchev–Trinajstić information content (AvgIpc) is 2.31. The van der Waals surface area contributed by atoms with E-state index in [9.17, 15) is 13.2 Å². The van der Waals surface area contributed by atoms with Gasteiger partial charge in [-0.3, -0.25) is 9.52 Å². The molecule has 21 heavy (non-hydrogen) atoms. The van der Waals surface area contributed by atoms with Gasteiger partial charge in [0.2, 0.25) is 15.9 Å². The topological polar surface area (TPSA) is 101 Å². The summed E-state index contributed by atoms with van der Waals surface area (Å²) in [6.45, 7) is 5.10. The van der Waals surface area contributed by atoms with Crippen molar-refractivity contribution in [2.45, 2.75) is 33.2 Å². The Morgan fingerprint density at radius 3 is 2.48 bits per heavy atom. The number of hydrogen-bond acceptors (Lipinski definition) is 4. The highest BCUT2D eigenvalue weighted by Crippen LogP contribution is 2.21. The van der Waals surface area contributed by atoms with Crippen LogP contribution in [0.1, 0.15) is 25.8 Å². The van der Waals surface area contributed by atoms with E-state index in [0.29, 0.717) is 11.4 Å². The number of aryl methyl sites for hydroxylation is 1. The van der Waals surface area contributed by atoms with Crippen molar-refractivity contribution in [1.82, 2.24) is 0 Å². The van der Waals surface area contributed by atoms with Crippen molar-refractivity contribution in [3.63, 3.8) is 0 Å². The van der Waals surface area contributed by atoms with Gasteiger partial charge in [0.25, 0.3) is 0 Å². The Labute approximate surface area is 132 Å². The van der Waals surface area contributed by atoms with E-state index < -0.39 is 10.0 Å². The molecule has 1 atom stereocenters. The summed E-state index contributed by atoms with van der Waals surface area (Å²) in [6.07, 6.45) is 0.239. The third-order valence-electron chi connectivity index (χ3n) is 2.66. The summed E-state index contributed by atoms with van der Waals surface area (Å²) in [6, 6.07) is 4.79. The second-order valence-electron chi connectivity index (χ2n) is 4.76. The number of amides is 1. The van der Waals surface area contributed by atoms with Crippen molar-refractivity contribution in [3.8, 4) is 0 Å². The molecule has 6 nitrogen and oxygen atoms in total. The van der Waals surface area contributed by atoms with Crippen LogP contribution in [0.15, 0.2) is 18.2 Å². The lowest BCUT2D eigenvalue weighted by atomic mass is 10.1. The fraction of sp³-hybridized carbons (Fsp3) is 0.462. The smallest absolute Gasteiger partial charge is 0.232 e. The fourth-order valence-electron chi connectivity index (χ4n) is 1.60. The zero-order valence-electron chi connectivity index (χ0n) is 12.3. The van der Waals surface area contributed by atoms with Gasteiger partial charge in [-0.2, -0.15) is 0 Å². The van der Waals surface area contributed by atoms with Gasteiger partial charge in [-0.15, -0.1) is 12.4 Å². The molecule has 0 heterocycles. The van der Waals surface area contributed by atoms with E-state index in [1.807, 2.05) is 0 Å². The first-order chi connectivity index (χ1) is 9.23. The van der Waals surface area contributed by atoms with Crippen molar-refractivity contribution in [1.29, 1.82) is 0 Å². The van der Waals surface area contributed by atoms with E-state index in [1.165, 1.54) is 0 Å². The molecule has 1 unspecified atom stereocenters. The van der Waals surface area contributed by atoms with Gasteiger partial charge in [-0.25, -0.2) is 8.42 Å². The van der Waals surface area contributed by atoms with Crippen LogP contribution in [0, 0.1) is 6.92 Å². The van der Waals surface area contributed by atoms with Crippen LogP contribution >= 0.6 is 12.4 Å². The highest BCUT2D eigenvalue weighted by Gasteiger charge is 2.10. The first-order valence-electron chi connectivity index (χ1n) is 6.40. The maximum atomic E-state index is 11.6. The molecule has 1 amide bonds. The first-order valence-corrected chi connectivity index (χ1v) is 8.05. The van der Waals surface area contributed by atoms with Crippen molar-refractivity contribution in [2.24, 2.45) is 5.73 Å². The molecular formula is C13H22ClN3O3S. The minimum Gasteiger partial charge on any atom is -0.327 e. The predicted octanol–water partition coefficient (Wildman–Crippen LogP) is 1.85.